The number of benzene rings is 1. The molecule has 1 rings (SSSR count). The van der Waals surface area contributed by atoms with Gasteiger partial charge in [0.05, 0.1) is 0 Å². The summed E-state index contributed by atoms with van der Waals surface area (Å²) in [6.07, 6.45) is 1.32. The number of allylic oxidation sites excluding steroid dienone is 1. The third-order valence-corrected chi connectivity index (χ3v) is 1.50. The Hall–Kier alpha value is -1.38. The molecule has 0 radical (unpaired) electrons. The van der Waals surface area contributed by atoms with Gasteiger partial charge < -0.3 is 4.74 Å². The predicted octanol–water partition coefficient (Wildman–Crippen LogP) is 3.08. The van der Waals surface area contributed by atoms with E-state index in [9.17, 15) is 8.78 Å². The summed E-state index contributed by atoms with van der Waals surface area (Å²) in [5, 5.41) is 0. The van der Waals surface area contributed by atoms with Gasteiger partial charge in [0.15, 0.2) is 0 Å². The van der Waals surface area contributed by atoms with Gasteiger partial charge >= 0.3 is 0 Å². The standard InChI is InChI=1S/C10H10F2O/c1-2-8(11)7-13-10-5-3-9(12)4-6-10/h2-6H,7H2,1H3/b8-2+. The summed E-state index contributed by atoms with van der Waals surface area (Å²) in [6, 6.07) is 5.45. The zero-order valence-electron chi connectivity index (χ0n) is 7.26. The minimum absolute atomic E-state index is 0.109. The van der Waals surface area contributed by atoms with Crippen molar-refractivity contribution in [2.24, 2.45) is 0 Å². The van der Waals surface area contributed by atoms with Crippen LogP contribution in [0.3, 0.4) is 0 Å². The van der Waals surface area contributed by atoms with E-state index in [1.807, 2.05) is 0 Å². The summed E-state index contributed by atoms with van der Waals surface area (Å²) in [5.74, 6) is -0.221. The van der Waals surface area contributed by atoms with Gasteiger partial charge in [-0.05, 0) is 31.2 Å². The molecule has 0 saturated heterocycles. The Morgan fingerprint density at radius 3 is 2.54 bits per heavy atom. The van der Waals surface area contributed by atoms with E-state index in [1.165, 1.54) is 30.3 Å². The van der Waals surface area contributed by atoms with Crippen LogP contribution in [0.2, 0.25) is 0 Å². The summed E-state index contributed by atoms with van der Waals surface area (Å²) in [7, 11) is 0. The molecule has 0 N–H and O–H groups in total. The summed E-state index contributed by atoms with van der Waals surface area (Å²) in [6.45, 7) is 1.48. The highest BCUT2D eigenvalue weighted by atomic mass is 19.1. The number of ether oxygens (including phenoxy) is 1. The van der Waals surface area contributed by atoms with Gasteiger partial charge in [-0.2, -0.15) is 0 Å². The van der Waals surface area contributed by atoms with Crippen LogP contribution in [0.1, 0.15) is 6.92 Å². The van der Waals surface area contributed by atoms with Crippen LogP contribution in [0.25, 0.3) is 0 Å². The third-order valence-electron chi connectivity index (χ3n) is 1.50. The lowest BCUT2D eigenvalue weighted by atomic mass is 10.3. The van der Waals surface area contributed by atoms with Crippen molar-refractivity contribution < 1.29 is 13.5 Å². The highest BCUT2D eigenvalue weighted by molar-refractivity contribution is 5.22. The zero-order chi connectivity index (χ0) is 9.68. The quantitative estimate of drug-likeness (QED) is 0.701. The monoisotopic (exact) mass is 184 g/mol. The van der Waals surface area contributed by atoms with E-state index in [-0.39, 0.29) is 18.3 Å². The smallest absolute Gasteiger partial charge is 0.139 e. The van der Waals surface area contributed by atoms with Crippen molar-refractivity contribution in [3.8, 4) is 5.75 Å². The largest absolute Gasteiger partial charge is 0.487 e. The SMILES string of the molecule is C/C=C(/F)COc1ccc(F)cc1. The van der Waals surface area contributed by atoms with Crippen LogP contribution >= 0.6 is 0 Å². The van der Waals surface area contributed by atoms with Crippen molar-refractivity contribution in [2.75, 3.05) is 6.61 Å². The molecule has 1 nitrogen and oxygen atoms in total. The van der Waals surface area contributed by atoms with Crippen molar-refractivity contribution in [1.29, 1.82) is 0 Å². The van der Waals surface area contributed by atoms with Gasteiger partial charge in [0.25, 0.3) is 0 Å². The molecule has 0 saturated carbocycles. The summed E-state index contributed by atoms with van der Waals surface area (Å²) >= 11 is 0. The Bertz CT molecular complexity index is 290. The van der Waals surface area contributed by atoms with Crippen molar-refractivity contribution in [2.45, 2.75) is 6.92 Å². The molecule has 0 aliphatic rings. The summed E-state index contributed by atoms with van der Waals surface area (Å²) < 4.78 is 30.0. The van der Waals surface area contributed by atoms with Crippen LogP contribution in [0.5, 0.6) is 5.75 Å². The molecule has 0 fully saturated rings. The Morgan fingerprint density at radius 1 is 1.38 bits per heavy atom. The maximum absolute atomic E-state index is 12.6. The molecular formula is C10H10F2O. The highest BCUT2D eigenvalue weighted by Gasteiger charge is 1.96. The van der Waals surface area contributed by atoms with E-state index < -0.39 is 0 Å². The number of hydrogen-bond acceptors (Lipinski definition) is 1. The van der Waals surface area contributed by atoms with Gasteiger partial charge in [0, 0.05) is 0 Å². The number of hydrogen-bond donors (Lipinski definition) is 0. The Balaban J connectivity index is 2.51. The van der Waals surface area contributed by atoms with E-state index in [1.54, 1.807) is 6.92 Å². The van der Waals surface area contributed by atoms with E-state index in [2.05, 4.69) is 0 Å². The third kappa shape index (κ3) is 3.23. The van der Waals surface area contributed by atoms with Crippen LogP contribution in [-0.2, 0) is 0 Å². The van der Waals surface area contributed by atoms with E-state index in [0.717, 1.165) is 0 Å². The Kier molecular flexibility index (Phi) is 3.43. The van der Waals surface area contributed by atoms with Crippen molar-refractivity contribution >= 4 is 0 Å². The van der Waals surface area contributed by atoms with Crippen LogP contribution in [0.15, 0.2) is 36.2 Å². The average molecular weight is 184 g/mol. The molecule has 13 heavy (non-hydrogen) atoms. The molecule has 3 heteroatoms. The Morgan fingerprint density at radius 2 is 2.00 bits per heavy atom. The second-order valence-corrected chi connectivity index (χ2v) is 2.48. The van der Waals surface area contributed by atoms with Crippen LogP contribution in [0, 0.1) is 5.82 Å². The minimum atomic E-state index is -0.343. The molecule has 0 aliphatic heterocycles. The fraction of sp³-hybridized carbons (Fsp3) is 0.200. The fourth-order valence-corrected chi connectivity index (χ4v) is 0.766. The summed E-state index contributed by atoms with van der Waals surface area (Å²) in [5.41, 5.74) is 0. The number of rotatable bonds is 3. The van der Waals surface area contributed by atoms with Gasteiger partial charge in [-0.15, -0.1) is 0 Å². The van der Waals surface area contributed by atoms with E-state index >= 15 is 0 Å². The van der Waals surface area contributed by atoms with Crippen LogP contribution in [0.4, 0.5) is 8.78 Å². The molecule has 70 valence electrons. The highest BCUT2D eigenvalue weighted by Crippen LogP contribution is 2.12. The fourth-order valence-electron chi connectivity index (χ4n) is 0.766. The molecule has 0 aliphatic carbocycles. The molecular weight excluding hydrogens is 174 g/mol. The first-order valence-electron chi connectivity index (χ1n) is 3.91. The molecule has 0 spiro atoms. The van der Waals surface area contributed by atoms with Crippen LogP contribution in [-0.4, -0.2) is 6.61 Å². The first-order chi connectivity index (χ1) is 6.22. The first-order valence-corrected chi connectivity index (χ1v) is 3.91. The van der Waals surface area contributed by atoms with Gasteiger partial charge in [-0.3, -0.25) is 0 Å². The van der Waals surface area contributed by atoms with Gasteiger partial charge in [-0.25, -0.2) is 8.78 Å². The van der Waals surface area contributed by atoms with Crippen molar-refractivity contribution in [3.05, 3.63) is 42.0 Å². The zero-order valence-corrected chi connectivity index (χ0v) is 7.26. The lowest BCUT2D eigenvalue weighted by Gasteiger charge is -2.03. The predicted molar refractivity (Wildman–Crippen MR) is 46.8 cm³/mol. The maximum Gasteiger partial charge on any atom is 0.139 e. The molecule has 1 aromatic rings. The second-order valence-electron chi connectivity index (χ2n) is 2.48. The minimum Gasteiger partial charge on any atom is -0.487 e. The average Bonchev–Trinajstić information content (AvgIpc) is 2.16. The lowest BCUT2D eigenvalue weighted by Crippen LogP contribution is -1.97. The molecule has 1 aromatic carbocycles. The molecule has 0 aromatic heterocycles. The van der Waals surface area contributed by atoms with Gasteiger partial charge in [0.1, 0.15) is 24.0 Å². The second kappa shape index (κ2) is 4.60. The molecule has 0 atom stereocenters. The lowest BCUT2D eigenvalue weighted by molar-refractivity contribution is 0.318. The topological polar surface area (TPSA) is 9.23 Å². The first kappa shape index (κ1) is 9.71. The molecule has 0 bridgehead atoms. The summed E-state index contributed by atoms with van der Waals surface area (Å²) in [4.78, 5) is 0. The van der Waals surface area contributed by atoms with E-state index in [0.29, 0.717) is 5.75 Å². The number of halogens is 2. The van der Waals surface area contributed by atoms with Gasteiger partial charge in [0.2, 0.25) is 0 Å². The van der Waals surface area contributed by atoms with Gasteiger partial charge in [-0.1, -0.05) is 6.08 Å². The van der Waals surface area contributed by atoms with Crippen LogP contribution < -0.4 is 4.74 Å². The van der Waals surface area contributed by atoms with Crippen molar-refractivity contribution in [1.82, 2.24) is 0 Å². The van der Waals surface area contributed by atoms with E-state index in [4.69, 9.17) is 4.74 Å². The molecule has 0 amide bonds. The maximum atomic E-state index is 12.6. The van der Waals surface area contributed by atoms with Crippen molar-refractivity contribution in [3.63, 3.8) is 0 Å². The normalized spacial score (nSPS) is 11.5. The molecule has 0 heterocycles. The Labute approximate surface area is 75.6 Å². The molecule has 0 unspecified atom stereocenters.